The number of H-pyrrole nitrogens is 1. The van der Waals surface area contributed by atoms with Gasteiger partial charge in [-0.1, -0.05) is 12.1 Å². The topological polar surface area (TPSA) is 113 Å². The minimum absolute atomic E-state index is 0.226. The summed E-state index contributed by atoms with van der Waals surface area (Å²) in [4.78, 5) is 30.4. The fourth-order valence-electron chi connectivity index (χ4n) is 2.20. The molecule has 0 aliphatic heterocycles. The van der Waals surface area contributed by atoms with Crippen LogP contribution in [0.1, 0.15) is 16.2 Å². The molecule has 2 aromatic carbocycles. The molecular weight excluding hydrogens is 294 g/mol. The van der Waals surface area contributed by atoms with Gasteiger partial charge in [0.25, 0.3) is 5.91 Å². The number of hydrogen-bond donors (Lipinski definition) is 4. The third-order valence-electron chi connectivity index (χ3n) is 3.27. The highest BCUT2D eigenvalue weighted by Crippen LogP contribution is 2.11. The van der Waals surface area contributed by atoms with Crippen molar-refractivity contribution in [3.8, 4) is 0 Å². The maximum atomic E-state index is 12.1. The van der Waals surface area contributed by atoms with E-state index in [1.165, 1.54) is 0 Å². The molecular formula is C16H15N5O2. The van der Waals surface area contributed by atoms with Crippen LogP contribution in [0.25, 0.3) is 11.0 Å². The number of fused-ring (bicyclic) bond motifs is 1. The summed E-state index contributed by atoms with van der Waals surface area (Å²) >= 11 is 0. The minimum Gasteiger partial charge on any atom is -0.351 e. The Hall–Kier alpha value is -3.35. The summed E-state index contributed by atoms with van der Waals surface area (Å²) in [7, 11) is 0. The van der Waals surface area contributed by atoms with Gasteiger partial charge in [-0.25, -0.2) is 9.78 Å². The van der Waals surface area contributed by atoms with Crippen LogP contribution in [0, 0.1) is 0 Å². The maximum absolute atomic E-state index is 12.1. The molecule has 0 atom stereocenters. The molecule has 0 saturated heterocycles. The fraction of sp³-hybridized carbons (Fsp3) is 0.0625. The molecule has 0 aliphatic carbocycles. The van der Waals surface area contributed by atoms with Crippen LogP contribution in [0.4, 0.5) is 10.5 Å². The van der Waals surface area contributed by atoms with E-state index >= 15 is 0 Å². The maximum Gasteiger partial charge on any atom is 0.316 e. The number of nitrogens with zero attached hydrogens (tertiary/aromatic N) is 1. The Morgan fingerprint density at radius 1 is 1.09 bits per heavy atom. The van der Waals surface area contributed by atoms with Gasteiger partial charge in [-0.05, 0) is 36.4 Å². The quantitative estimate of drug-likeness (QED) is 0.591. The van der Waals surface area contributed by atoms with Crippen LogP contribution in [-0.4, -0.2) is 21.9 Å². The van der Waals surface area contributed by atoms with E-state index in [1.54, 1.807) is 24.3 Å². The minimum atomic E-state index is -0.646. The van der Waals surface area contributed by atoms with Crippen molar-refractivity contribution in [2.24, 2.45) is 5.73 Å². The highest BCUT2D eigenvalue weighted by Gasteiger charge is 2.07. The molecule has 0 saturated carbocycles. The molecule has 23 heavy (non-hydrogen) atoms. The van der Waals surface area contributed by atoms with Crippen LogP contribution in [0.5, 0.6) is 0 Å². The number of carbonyl (C=O) groups is 2. The molecule has 1 aromatic heterocycles. The summed E-state index contributed by atoms with van der Waals surface area (Å²) in [6, 6.07) is 13.5. The largest absolute Gasteiger partial charge is 0.351 e. The Kier molecular flexibility index (Phi) is 3.92. The lowest BCUT2D eigenvalue weighted by Crippen LogP contribution is -2.23. The summed E-state index contributed by atoms with van der Waals surface area (Å²) in [5.74, 6) is 0.461. The monoisotopic (exact) mass is 309 g/mol. The summed E-state index contributed by atoms with van der Waals surface area (Å²) in [6.45, 7) is 0.300. The SMILES string of the molecule is NC(=O)Nc1ccc(C(=O)NCc2nc3ccccc3[nH]2)cc1. The third-order valence-corrected chi connectivity index (χ3v) is 3.27. The van der Waals surface area contributed by atoms with Crippen molar-refractivity contribution in [3.05, 3.63) is 59.9 Å². The molecule has 7 heteroatoms. The Labute approximate surface area is 131 Å². The number of hydrogen-bond acceptors (Lipinski definition) is 3. The van der Waals surface area contributed by atoms with Gasteiger partial charge in [0.15, 0.2) is 0 Å². The van der Waals surface area contributed by atoms with Gasteiger partial charge >= 0.3 is 6.03 Å². The number of amides is 3. The lowest BCUT2D eigenvalue weighted by molar-refractivity contribution is 0.0950. The van der Waals surface area contributed by atoms with Crippen LogP contribution in [0.15, 0.2) is 48.5 Å². The van der Waals surface area contributed by atoms with E-state index in [-0.39, 0.29) is 5.91 Å². The first-order valence-corrected chi connectivity index (χ1v) is 7.00. The molecule has 3 amide bonds. The number of nitrogens with one attached hydrogen (secondary N) is 3. The van der Waals surface area contributed by atoms with Crippen LogP contribution < -0.4 is 16.4 Å². The molecule has 116 valence electrons. The molecule has 0 unspecified atom stereocenters. The molecule has 0 aliphatic rings. The van der Waals surface area contributed by atoms with Crippen LogP contribution in [0.3, 0.4) is 0 Å². The number of benzene rings is 2. The average Bonchev–Trinajstić information content (AvgIpc) is 2.95. The third kappa shape index (κ3) is 3.46. The highest BCUT2D eigenvalue weighted by atomic mass is 16.2. The van der Waals surface area contributed by atoms with Crippen molar-refractivity contribution >= 4 is 28.7 Å². The second-order valence-electron chi connectivity index (χ2n) is 4.95. The lowest BCUT2D eigenvalue weighted by atomic mass is 10.2. The number of aromatic nitrogens is 2. The van der Waals surface area contributed by atoms with Gasteiger partial charge in [-0.15, -0.1) is 0 Å². The van der Waals surface area contributed by atoms with Gasteiger partial charge in [0.2, 0.25) is 0 Å². The van der Waals surface area contributed by atoms with Crippen molar-refractivity contribution in [2.75, 3.05) is 5.32 Å². The Morgan fingerprint density at radius 3 is 2.52 bits per heavy atom. The van der Waals surface area contributed by atoms with E-state index in [0.717, 1.165) is 11.0 Å². The Morgan fingerprint density at radius 2 is 1.83 bits per heavy atom. The van der Waals surface area contributed by atoms with E-state index < -0.39 is 6.03 Å². The smallest absolute Gasteiger partial charge is 0.316 e. The molecule has 1 heterocycles. The molecule has 0 bridgehead atoms. The summed E-state index contributed by atoms with van der Waals surface area (Å²) in [5, 5.41) is 5.23. The molecule has 3 rings (SSSR count). The van der Waals surface area contributed by atoms with Crippen LogP contribution in [0.2, 0.25) is 0 Å². The standard InChI is InChI=1S/C16H15N5O2/c17-16(23)19-11-7-5-10(6-8-11)15(22)18-9-14-20-12-3-1-2-4-13(12)21-14/h1-8H,9H2,(H,18,22)(H,20,21)(H3,17,19,23). The Bertz CT molecular complexity index is 821. The first-order valence-electron chi connectivity index (χ1n) is 7.00. The first-order chi connectivity index (χ1) is 11.1. The zero-order valence-electron chi connectivity index (χ0n) is 12.2. The molecule has 0 fully saturated rings. The van der Waals surface area contributed by atoms with Gasteiger partial charge < -0.3 is 21.4 Å². The van der Waals surface area contributed by atoms with Crippen molar-refractivity contribution in [1.82, 2.24) is 15.3 Å². The summed E-state index contributed by atoms with van der Waals surface area (Å²) in [5.41, 5.74) is 7.83. The van der Waals surface area contributed by atoms with E-state index in [4.69, 9.17) is 5.73 Å². The van der Waals surface area contributed by atoms with Crippen LogP contribution >= 0.6 is 0 Å². The van der Waals surface area contributed by atoms with Crippen LogP contribution in [-0.2, 0) is 6.54 Å². The number of anilines is 1. The van der Waals surface area contributed by atoms with Gasteiger partial charge in [-0.2, -0.15) is 0 Å². The first kappa shape index (κ1) is 14.6. The van der Waals surface area contributed by atoms with Gasteiger partial charge in [0.05, 0.1) is 17.6 Å². The Balaban J connectivity index is 1.63. The van der Waals surface area contributed by atoms with Crippen molar-refractivity contribution < 1.29 is 9.59 Å². The second kappa shape index (κ2) is 6.18. The number of nitrogens with two attached hydrogens (primary N) is 1. The van der Waals surface area contributed by atoms with Crippen molar-refractivity contribution in [3.63, 3.8) is 0 Å². The van der Waals surface area contributed by atoms with Gasteiger partial charge in [-0.3, -0.25) is 4.79 Å². The molecule has 3 aromatic rings. The number of imidazole rings is 1. The van der Waals surface area contributed by atoms with E-state index in [2.05, 4.69) is 20.6 Å². The van der Waals surface area contributed by atoms with E-state index in [0.29, 0.717) is 23.6 Å². The fourth-order valence-corrected chi connectivity index (χ4v) is 2.20. The number of rotatable bonds is 4. The van der Waals surface area contributed by atoms with Crippen molar-refractivity contribution in [1.29, 1.82) is 0 Å². The number of urea groups is 1. The van der Waals surface area contributed by atoms with Gasteiger partial charge in [0, 0.05) is 11.3 Å². The highest BCUT2D eigenvalue weighted by molar-refractivity contribution is 5.95. The van der Waals surface area contributed by atoms with E-state index in [9.17, 15) is 9.59 Å². The lowest BCUT2D eigenvalue weighted by Gasteiger charge is -2.05. The number of aromatic amines is 1. The second-order valence-corrected chi connectivity index (χ2v) is 4.95. The summed E-state index contributed by atoms with van der Waals surface area (Å²) < 4.78 is 0. The molecule has 0 spiro atoms. The predicted octanol–water partition coefficient (Wildman–Crippen LogP) is 1.98. The van der Waals surface area contributed by atoms with E-state index in [1.807, 2.05) is 24.3 Å². The molecule has 7 nitrogen and oxygen atoms in total. The zero-order chi connectivity index (χ0) is 16.2. The normalized spacial score (nSPS) is 10.4. The number of carbonyl (C=O) groups excluding carboxylic acids is 2. The average molecular weight is 309 g/mol. The predicted molar refractivity (Wildman–Crippen MR) is 86.9 cm³/mol. The molecule has 5 N–H and O–H groups in total. The van der Waals surface area contributed by atoms with Crippen molar-refractivity contribution in [2.45, 2.75) is 6.54 Å². The number of primary amides is 1. The zero-order valence-corrected chi connectivity index (χ0v) is 12.2. The number of para-hydroxylation sites is 2. The molecule has 0 radical (unpaired) electrons. The summed E-state index contributed by atoms with van der Waals surface area (Å²) in [6.07, 6.45) is 0. The van der Waals surface area contributed by atoms with Gasteiger partial charge in [0.1, 0.15) is 5.82 Å².